The molecule has 1 N–H and O–H groups in total. The van der Waals surface area contributed by atoms with E-state index >= 15 is 0 Å². The Morgan fingerprint density at radius 3 is 3.15 bits per heavy atom. The number of rotatable bonds is 4. The van der Waals surface area contributed by atoms with Gasteiger partial charge in [0.05, 0.1) is 23.6 Å². The minimum Gasteiger partial charge on any atom is -0.289 e. The fraction of sp³-hybridized carbons (Fsp3) is 0.316. The van der Waals surface area contributed by atoms with Gasteiger partial charge in [0.1, 0.15) is 11.4 Å². The maximum atomic E-state index is 12.9. The summed E-state index contributed by atoms with van der Waals surface area (Å²) in [7, 11) is 0. The molecule has 7 nitrogen and oxygen atoms in total. The van der Waals surface area contributed by atoms with Crippen molar-refractivity contribution in [2.45, 2.75) is 32.7 Å². The number of nitrogens with zero attached hydrogens (tertiary/aromatic N) is 4. The van der Waals surface area contributed by atoms with Gasteiger partial charge in [0.25, 0.3) is 11.5 Å². The van der Waals surface area contributed by atoms with Crippen LogP contribution in [0.4, 0.5) is 0 Å². The molecule has 3 aromatic heterocycles. The predicted molar refractivity (Wildman–Crippen MR) is 105 cm³/mol. The summed E-state index contributed by atoms with van der Waals surface area (Å²) in [5.41, 5.74) is 4.02. The van der Waals surface area contributed by atoms with Gasteiger partial charge in [-0.2, -0.15) is 5.10 Å². The lowest BCUT2D eigenvalue weighted by Crippen LogP contribution is -2.30. The molecule has 0 aromatic carbocycles. The molecule has 1 aliphatic rings. The van der Waals surface area contributed by atoms with Crippen LogP contribution in [0.25, 0.3) is 10.2 Å². The highest BCUT2D eigenvalue weighted by Gasteiger charge is 2.23. The number of aryl methyl sites for hydroxylation is 1. The van der Waals surface area contributed by atoms with Crippen LogP contribution in [0.2, 0.25) is 0 Å². The summed E-state index contributed by atoms with van der Waals surface area (Å²) in [5, 5.41) is 4.55. The highest BCUT2D eigenvalue weighted by molar-refractivity contribution is 7.18. The summed E-state index contributed by atoms with van der Waals surface area (Å²) >= 11 is 1.60. The monoisotopic (exact) mass is 381 g/mol. The van der Waals surface area contributed by atoms with Gasteiger partial charge < -0.3 is 0 Å². The first-order valence-electron chi connectivity index (χ1n) is 8.84. The predicted octanol–water partition coefficient (Wildman–Crippen LogP) is 2.13. The lowest BCUT2D eigenvalue weighted by atomic mass is 9.89. The molecule has 3 aromatic rings. The maximum absolute atomic E-state index is 12.9. The number of carbonyl (C=O) groups is 1. The number of hydrazone groups is 1. The summed E-state index contributed by atoms with van der Waals surface area (Å²) in [6, 6.07) is 5.41. The summed E-state index contributed by atoms with van der Waals surface area (Å²) in [4.78, 5) is 35.5. The van der Waals surface area contributed by atoms with Crippen molar-refractivity contribution in [3.63, 3.8) is 0 Å². The molecule has 1 amide bonds. The van der Waals surface area contributed by atoms with E-state index in [1.54, 1.807) is 29.7 Å². The van der Waals surface area contributed by atoms with E-state index in [1.165, 1.54) is 22.0 Å². The molecule has 138 valence electrons. The van der Waals surface area contributed by atoms with Crippen molar-refractivity contribution >= 4 is 33.7 Å². The first kappa shape index (κ1) is 17.5. The Bertz CT molecular complexity index is 1070. The minimum absolute atomic E-state index is 0.123. The van der Waals surface area contributed by atoms with E-state index in [1.807, 2.05) is 6.07 Å². The number of carbonyl (C=O) groups excluding carboxylic acids is 1. The first-order valence-corrected chi connectivity index (χ1v) is 9.66. The summed E-state index contributed by atoms with van der Waals surface area (Å²) in [6.07, 6.45) is 7.52. The molecule has 1 atom stereocenters. The van der Waals surface area contributed by atoms with E-state index < -0.39 is 0 Å². The van der Waals surface area contributed by atoms with Crippen LogP contribution in [0.5, 0.6) is 0 Å². The van der Waals surface area contributed by atoms with Crippen LogP contribution in [0, 0.1) is 5.92 Å². The zero-order valence-corrected chi connectivity index (χ0v) is 15.7. The quantitative estimate of drug-likeness (QED) is 0.554. The van der Waals surface area contributed by atoms with Gasteiger partial charge in [-0.05, 0) is 42.9 Å². The smallest absolute Gasteiger partial charge is 0.262 e. The number of pyridine rings is 1. The van der Waals surface area contributed by atoms with Crippen LogP contribution in [0.3, 0.4) is 0 Å². The molecule has 1 aliphatic carbocycles. The van der Waals surface area contributed by atoms with Crippen molar-refractivity contribution in [2.75, 3.05) is 0 Å². The second-order valence-electron chi connectivity index (χ2n) is 6.76. The Morgan fingerprint density at radius 1 is 1.44 bits per heavy atom. The third-order valence-electron chi connectivity index (χ3n) is 4.67. The van der Waals surface area contributed by atoms with E-state index in [4.69, 9.17) is 0 Å². The Kier molecular flexibility index (Phi) is 4.81. The number of nitrogens with one attached hydrogen (secondary N) is 1. The lowest BCUT2D eigenvalue weighted by molar-refractivity contribution is -0.121. The normalized spacial score (nSPS) is 16.6. The van der Waals surface area contributed by atoms with E-state index in [0.717, 1.165) is 29.7 Å². The molecular weight excluding hydrogens is 362 g/mol. The van der Waals surface area contributed by atoms with Crippen LogP contribution in [-0.4, -0.2) is 26.7 Å². The molecule has 8 heteroatoms. The Hall–Kier alpha value is -2.87. The van der Waals surface area contributed by atoms with Crippen molar-refractivity contribution in [3.8, 4) is 0 Å². The zero-order chi connectivity index (χ0) is 18.8. The topological polar surface area (TPSA) is 89.2 Å². The third kappa shape index (κ3) is 3.66. The Balaban J connectivity index is 1.52. The standard InChI is InChI=1S/C19H19N5O2S/c1-12-5-6-14-15(8-12)27-18-17(14)19(26)24(11-21-18)10-16(25)23-22-9-13-4-2-3-7-20-13/h2-4,7,9,11-12H,5-6,8,10H2,1H3,(H,23,25). The van der Waals surface area contributed by atoms with Gasteiger partial charge in [0, 0.05) is 11.1 Å². The van der Waals surface area contributed by atoms with Crippen LogP contribution in [0.1, 0.15) is 29.5 Å². The molecule has 0 saturated heterocycles. The second kappa shape index (κ2) is 7.40. The van der Waals surface area contributed by atoms with Crippen LogP contribution < -0.4 is 11.0 Å². The number of hydrogen-bond donors (Lipinski definition) is 1. The molecule has 0 bridgehead atoms. The molecule has 27 heavy (non-hydrogen) atoms. The van der Waals surface area contributed by atoms with Crippen LogP contribution >= 0.6 is 11.3 Å². The SMILES string of the molecule is CC1CCc2c(sc3ncn(CC(=O)NN=Cc4ccccn4)c(=O)c23)C1. The largest absolute Gasteiger partial charge is 0.289 e. The molecule has 0 fully saturated rings. The maximum Gasteiger partial charge on any atom is 0.262 e. The molecule has 0 saturated carbocycles. The first-order chi connectivity index (χ1) is 13.1. The van der Waals surface area contributed by atoms with E-state index in [9.17, 15) is 9.59 Å². The Labute approximate surface area is 159 Å². The van der Waals surface area contributed by atoms with Gasteiger partial charge >= 0.3 is 0 Å². The highest BCUT2D eigenvalue weighted by Crippen LogP contribution is 2.35. The fourth-order valence-corrected chi connectivity index (χ4v) is 4.63. The average Bonchev–Trinajstić information content (AvgIpc) is 3.03. The molecule has 0 radical (unpaired) electrons. The molecular formula is C19H19N5O2S. The van der Waals surface area contributed by atoms with Gasteiger partial charge in [0.15, 0.2) is 0 Å². The lowest BCUT2D eigenvalue weighted by Gasteiger charge is -2.17. The molecule has 0 aliphatic heterocycles. The molecule has 0 spiro atoms. The summed E-state index contributed by atoms with van der Waals surface area (Å²) in [5.74, 6) is 0.249. The van der Waals surface area contributed by atoms with Crippen molar-refractivity contribution in [1.82, 2.24) is 20.0 Å². The fourth-order valence-electron chi connectivity index (χ4n) is 3.29. The molecule has 4 rings (SSSR count). The molecule has 3 heterocycles. The number of thiophene rings is 1. The van der Waals surface area contributed by atoms with E-state index in [-0.39, 0.29) is 18.0 Å². The third-order valence-corrected chi connectivity index (χ3v) is 5.83. The summed E-state index contributed by atoms with van der Waals surface area (Å²) in [6.45, 7) is 2.11. The van der Waals surface area contributed by atoms with Crippen molar-refractivity contribution in [1.29, 1.82) is 0 Å². The Morgan fingerprint density at radius 2 is 2.33 bits per heavy atom. The average molecular weight is 381 g/mol. The highest BCUT2D eigenvalue weighted by atomic mass is 32.1. The number of aromatic nitrogens is 3. The zero-order valence-electron chi connectivity index (χ0n) is 14.9. The van der Waals surface area contributed by atoms with Crippen molar-refractivity contribution < 1.29 is 4.79 Å². The van der Waals surface area contributed by atoms with E-state index in [2.05, 4.69) is 27.4 Å². The van der Waals surface area contributed by atoms with Gasteiger partial charge in [-0.1, -0.05) is 13.0 Å². The van der Waals surface area contributed by atoms with Crippen LogP contribution in [0.15, 0.2) is 40.6 Å². The summed E-state index contributed by atoms with van der Waals surface area (Å²) < 4.78 is 1.35. The number of hydrogen-bond acceptors (Lipinski definition) is 6. The van der Waals surface area contributed by atoms with Crippen LogP contribution in [-0.2, 0) is 24.2 Å². The molecule has 1 unspecified atom stereocenters. The van der Waals surface area contributed by atoms with Gasteiger partial charge in [0.2, 0.25) is 0 Å². The van der Waals surface area contributed by atoms with Gasteiger partial charge in [-0.15, -0.1) is 11.3 Å². The van der Waals surface area contributed by atoms with E-state index in [0.29, 0.717) is 17.0 Å². The number of amides is 1. The second-order valence-corrected chi connectivity index (χ2v) is 7.84. The van der Waals surface area contributed by atoms with Gasteiger partial charge in [-0.25, -0.2) is 10.4 Å². The van der Waals surface area contributed by atoms with Gasteiger partial charge in [-0.3, -0.25) is 19.1 Å². The minimum atomic E-state index is -0.386. The van der Waals surface area contributed by atoms with Crippen molar-refractivity contribution in [2.24, 2.45) is 11.0 Å². The van der Waals surface area contributed by atoms with Crippen molar-refractivity contribution in [3.05, 3.63) is 57.2 Å². The number of fused-ring (bicyclic) bond motifs is 3.